The van der Waals surface area contributed by atoms with Gasteiger partial charge in [-0.25, -0.2) is 0 Å². The topological polar surface area (TPSA) is 17.1 Å². The van der Waals surface area contributed by atoms with E-state index >= 15 is 0 Å². The monoisotopic (exact) mass is 212 g/mol. The van der Waals surface area contributed by atoms with Crippen molar-refractivity contribution < 1.29 is 4.79 Å². The zero-order chi connectivity index (χ0) is 8.43. The third-order valence-corrected chi connectivity index (χ3v) is 2.25. The Balaban J connectivity index is 3.36. The SMILES string of the molecule is Cc1cc(C)c(C=O)c(Br)c1. The van der Waals surface area contributed by atoms with Gasteiger partial charge in [0.1, 0.15) is 0 Å². The van der Waals surface area contributed by atoms with E-state index in [0.717, 1.165) is 21.9 Å². The molecule has 1 rings (SSSR count). The molecule has 0 unspecified atom stereocenters. The molecule has 58 valence electrons. The van der Waals surface area contributed by atoms with Gasteiger partial charge in [-0.05, 0) is 31.0 Å². The molecule has 0 bridgehead atoms. The van der Waals surface area contributed by atoms with E-state index in [-0.39, 0.29) is 0 Å². The Hall–Kier alpha value is -0.630. The molecule has 0 N–H and O–H groups in total. The lowest BCUT2D eigenvalue weighted by atomic mass is 10.1. The van der Waals surface area contributed by atoms with Gasteiger partial charge in [-0.15, -0.1) is 0 Å². The Bertz CT molecular complexity index is 269. The maximum Gasteiger partial charge on any atom is 0.151 e. The predicted molar refractivity (Wildman–Crippen MR) is 49.0 cm³/mol. The Morgan fingerprint density at radius 1 is 1.36 bits per heavy atom. The summed E-state index contributed by atoms with van der Waals surface area (Å²) in [4.78, 5) is 10.5. The number of aldehydes is 1. The first-order chi connectivity index (χ1) is 5.15. The lowest BCUT2D eigenvalue weighted by Gasteiger charge is -2.02. The van der Waals surface area contributed by atoms with Crippen molar-refractivity contribution in [3.63, 3.8) is 0 Å². The summed E-state index contributed by atoms with van der Waals surface area (Å²) in [6.45, 7) is 3.94. The fraction of sp³-hybridized carbons (Fsp3) is 0.222. The van der Waals surface area contributed by atoms with Crippen LogP contribution in [-0.4, -0.2) is 6.29 Å². The first-order valence-electron chi connectivity index (χ1n) is 3.37. The number of aryl methyl sites for hydroxylation is 2. The summed E-state index contributed by atoms with van der Waals surface area (Å²) < 4.78 is 0.880. The Morgan fingerprint density at radius 2 is 2.00 bits per heavy atom. The smallest absolute Gasteiger partial charge is 0.151 e. The van der Waals surface area contributed by atoms with Gasteiger partial charge in [-0.2, -0.15) is 0 Å². The summed E-state index contributed by atoms with van der Waals surface area (Å²) >= 11 is 3.33. The van der Waals surface area contributed by atoms with E-state index < -0.39 is 0 Å². The third-order valence-electron chi connectivity index (χ3n) is 1.60. The second-order valence-corrected chi connectivity index (χ2v) is 3.45. The summed E-state index contributed by atoms with van der Waals surface area (Å²) in [6.07, 6.45) is 0.874. The van der Waals surface area contributed by atoms with Crippen LogP contribution in [-0.2, 0) is 0 Å². The van der Waals surface area contributed by atoms with E-state index in [1.807, 2.05) is 26.0 Å². The number of hydrogen-bond donors (Lipinski definition) is 0. The van der Waals surface area contributed by atoms with Crippen molar-refractivity contribution in [1.82, 2.24) is 0 Å². The van der Waals surface area contributed by atoms with Crippen LogP contribution in [0.2, 0.25) is 0 Å². The van der Waals surface area contributed by atoms with Crippen molar-refractivity contribution in [2.45, 2.75) is 13.8 Å². The molecule has 1 nitrogen and oxygen atoms in total. The summed E-state index contributed by atoms with van der Waals surface area (Å²) in [7, 11) is 0. The van der Waals surface area contributed by atoms with Gasteiger partial charge in [0.2, 0.25) is 0 Å². The molecule has 2 heteroatoms. The van der Waals surface area contributed by atoms with Crippen LogP contribution in [0.1, 0.15) is 21.5 Å². The molecule has 0 radical (unpaired) electrons. The van der Waals surface area contributed by atoms with Crippen molar-refractivity contribution in [3.8, 4) is 0 Å². The Morgan fingerprint density at radius 3 is 2.45 bits per heavy atom. The van der Waals surface area contributed by atoms with Crippen LogP contribution in [0.3, 0.4) is 0 Å². The van der Waals surface area contributed by atoms with Crippen molar-refractivity contribution in [2.75, 3.05) is 0 Å². The summed E-state index contributed by atoms with van der Waals surface area (Å²) in [6, 6.07) is 3.94. The molecule has 0 spiro atoms. The fourth-order valence-corrected chi connectivity index (χ4v) is 1.84. The zero-order valence-electron chi connectivity index (χ0n) is 6.52. The Kier molecular flexibility index (Phi) is 2.45. The summed E-state index contributed by atoms with van der Waals surface area (Å²) in [5, 5.41) is 0. The third kappa shape index (κ3) is 1.69. The van der Waals surface area contributed by atoms with Crippen LogP contribution in [0, 0.1) is 13.8 Å². The molecule has 0 aromatic heterocycles. The minimum Gasteiger partial charge on any atom is -0.298 e. The van der Waals surface area contributed by atoms with Crippen LogP contribution in [0.5, 0.6) is 0 Å². The van der Waals surface area contributed by atoms with Crippen LogP contribution >= 0.6 is 15.9 Å². The van der Waals surface area contributed by atoms with Gasteiger partial charge in [0.25, 0.3) is 0 Å². The summed E-state index contributed by atoms with van der Waals surface area (Å²) in [5.74, 6) is 0. The van der Waals surface area contributed by atoms with Gasteiger partial charge in [-0.1, -0.05) is 22.0 Å². The molecule has 0 saturated heterocycles. The van der Waals surface area contributed by atoms with Crippen molar-refractivity contribution in [1.29, 1.82) is 0 Å². The maximum absolute atomic E-state index is 10.5. The highest BCUT2D eigenvalue weighted by molar-refractivity contribution is 9.10. The maximum atomic E-state index is 10.5. The van der Waals surface area contributed by atoms with Gasteiger partial charge in [0, 0.05) is 10.0 Å². The normalized spacial score (nSPS) is 9.73. The van der Waals surface area contributed by atoms with E-state index in [0.29, 0.717) is 0 Å². The first kappa shape index (κ1) is 8.47. The van der Waals surface area contributed by atoms with Crippen molar-refractivity contribution >= 4 is 22.2 Å². The highest BCUT2D eigenvalue weighted by Gasteiger charge is 2.01. The molecule has 0 heterocycles. The number of halogens is 1. The molecular formula is C9H9BrO. The number of benzene rings is 1. The molecular weight excluding hydrogens is 204 g/mol. The number of hydrogen-bond acceptors (Lipinski definition) is 1. The lowest BCUT2D eigenvalue weighted by Crippen LogP contribution is -1.89. The van der Waals surface area contributed by atoms with E-state index in [1.165, 1.54) is 5.56 Å². The van der Waals surface area contributed by atoms with Gasteiger partial charge in [-0.3, -0.25) is 4.79 Å². The second-order valence-electron chi connectivity index (χ2n) is 2.60. The molecule has 1 aromatic carbocycles. The van der Waals surface area contributed by atoms with Crippen LogP contribution < -0.4 is 0 Å². The minimum absolute atomic E-state index is 0.746. The fourth-order valence-electron chi connectivity index (χ4n) is 1.08. The Labute approximate surface area is 74.6 Å². The quantitative estimate of drug-likeness (QED) is 0.655. The molecule has 0 aliphatic carbocycles. The standard InChI is InChI=1S/C9H9BrO/c1-6-3-7(2)8(5-11)9(10)4-6/h3-5H,1-2H3. The van der Waals surface area contributed by atoms with E-state index in [4.69, 9.17) is 0 Å². The van der Waals surface area contributed by atoms with E-state index in [9.17, 15) is 4.79 Å². The van der Waals surface area contributed by atoms with Crippen LogP contribution in [0.15, 0.2) is 16.6 Å². The first-order valence-corrected chi connectivity index (χ1v) is 4.16. The summed E-state index contributed by atoms with van der Waals surface area (Å²) in [5.41, 5.74) is 2.93. The molecule has 0 aliphatic heterocycles. The predicted octanol–water partition coefficient (Wildman–Crippen LogP) is 2.88. The van der Waals surface area contributed by atoms with Crippen LogP contribution in [0.25, 0.3) is 0 Å². The van der Waals surface area contributed by atoms with Gasteiger partial charge < -0.3 is 0 Å². The minimum atomic E-state index is 0.746. The largest absolute Gasteiger partial charge is 0.298 e. The molecule has 1 aromatic rings. The molecule has 0 aliphatic rings. The van der Waals surface area contributed by atoms with Crippen molar-refractivity contribution in [3.05, 3.63) is 33.3 Å². The highest BCUT2D eigenvalue weighted by atomic mass is 79.9. The highest BCUT2D eigenvalue weighted by Crippen LogP contribution is 2.20. The number of rotatable bonds is 1. The second kappa shape index (κ2) is 3.18. The molecule has 0 amide bonds. The van der Waals surface area contributed by atoms with E-state index in [2.05, 4.69) is 15.9 Å². The van der Waals surface area contributed by atoms with E-state index in [1.54, 1.807) is 0 Å². The average Bonchev–Trinajstić information content (AvgIpc) is 1.85. The van der Waals surface area contributed by atoms with Crippen LogP contribution in [0.4, 0.5) is 0 Å². The van der Waals surface area contributed by atoms with Gasteiger partial charge in [0.15, 0.2) is 6.29 Å². The van der Waals surface area contributed by atoms with Gasteiger partial charge in [0.05, 0.1) is 0 Å². The number of carbonyl (C=O) groups excluding carboxylic acids is 1. The lowest BCUT2D eigenvalue weighted by molar-refractivity contribution is 0.112. The molecule has 0 atom stereocenters. The molecule has 11 heavy (non-hydrogen) atoms. The van der Waals surface area contributed by atoms with Gasteiger partial charge >= 0.3 is 0 Å². The average molecular weight is 213 g/mol. The molecule has 0 fully saturated rings. The van der Waals surface area contributed by atoms with Crippen molar-refractivity contribution in [2.24, 2.45) is 0 Å². The molecule has 0 saturated carbocycles. The zero-order valence-corrected chi connectivity index (χ0v) is 8.10. The number of carbonyl (C=O) groups is 1.